The van der Waals surface area contributed by atoms with Gasteiger partial charge in [0.1, 0.15) is 5.82 Å². The zero-order valence-electron chi connectivity index (χ0n) is 11.5. The molecular weight excluding hydrogens is 291 g/mol. The number of nitrogens with zero attached hydrogens (tertiary/aromatic N) is 3. The molecular formula is C15H16ClFN4. The van der Waals surface area contributed by atoms with E-state index in [1.54, 1.807) is 18.3 Å². The van der Waals surface area contributed by atoms with E-state index in [4.69, 9.17) is 17.3 Å². The molecule has 2 heterocycles. The SMILES string of the molecule is NC1CCCN(c2nccc(-c3ccc(F)cc3Cl)n2)C1. The van der Waals surface area contributed by atoms with Crippen molar-refractivity contribution >= 4 is 17.5 Å². The van der Waals surface area contributed by atoms with Gasteiger partial charge in [-0.15, -0.1) is 0 Å². The van der Waals surface area contributed by atoms with Crippen molar-refractivity contribution in [1.82, 2.24) is 9.97 Å². The van der Waals surface area contributed by atoms with Gasteiger partial charge in [0.15, 0.2) is 0 Å². The highest BCUT2D eigenvalue weighted by Gasteiger charge is 2.19. The van der Waals surface area contributed by atoms with Gasteiger partial charge in [-0.05, 0) is 37.1 Å². The maximum absolute atomic E-state index is 13.1. The molecule has 6 heteroatoms. The van der Waals surface area contributed by atoms with E-state index < -0.39 is 0 Å². The Balaban J connectivity index is 1.92. The molecule has 0 saturated carbocycles. The third kappa shape index (κ3) is 3.14. The molecule has 1 saturated heterocycles. The largest absolute Gasteiger partial charge is 0.339 e. The third-order valence-corrected chi connectivity index (χ3v) is 3.90. The van der Waals surface area contributed by atoms with Gasteiger partial charge < -0.3 is 10.6 Å². The maximum Gasteiger partial charge on any atom is 0.225 e. The Labute approximate surface area is 127 Å². The first-order valence-electron chi connectivity index (χ1n) is 6.92. The molecule has 1 aliphatic heterocycles. The van der Waals surface area contributed by atoms with Gasteiger partial charge in [-0.3, -0.25) is 0 Å². The fourth-order valence-corrected chi connectivity index (χ4v) is 2.80. The van der Waals surface area contributed by atoms with E-state index in [9.17, 15) is 4.39 Å². The van der Waals surface area contributed by atoms with Crippen LogP contribution in [0.1, 0.15) is 12.8 Å². The molecule has 1 aromatic heterocycles. The summed E-state index contributed by atoms with van der Waals surface area (Å²) < 4.78 is 13.1. The number of hydrogen-bond donors (Lipinski definition) is 1. The molecule has 1 aromatic carbocycles. The molecule has 0 amide bonds. The van der Waals surface area contributed by atoms with Crippen LogP contribution in [0.25, 0.3) is 11.3 Å². The normalized spacial score (nSPS) is 18.8. The van der Waals surface area contributed by atoms with E-state index in [-0.39, 0.29) is 11.9 Å². The van der Waals surface area contributed by atoms with Gasteiger partial charge in [-0.2, -0.15) is 0 Å². The van der Waals surface area contributed by atoms with E-state index in [1.165, 1.54) is 12.1 Å². The molecule has 1 atom stereocenters. The Morgan fingerprint density at radius 1 is 1.33 bits per heavy atom. The second kappa shape index (κ2) is 5.95. The minimum Gasteiger partial charge on any atom is -0.339 e. The molecule has 2 aromatic rings. The quantitative estimate of drug-likeness (QED) is 0.927. The summed E-state index contributed by atoms with van der Waals surface area (Å²) in [7, 11) is 0. The van der Waals surface area contributed by atoms with Crippen LogP contribution >= 0.6 is 11.6 Å². The van der Waals surface area contributed by atoms with Crippen LogP contribution in [-0.2, 0) is 0 Å². The van der Waals surface area contributed by atoms with Gasteiger partial charge in [0.05, 0.1) is 10.7 Å². The van der Waals surface area contributed by atoms with Crippen LogP contribution in [0.5, 0.6) is 0 Å². The third-order valence-electron chi connectivity index (χ3n) is 3.59. The molecule has 4 nitrogen and oxygen atoms in total. The highest BCUT2D eigenvalue weighted by atomic mass is 35.5. The number of aromatic nitrogens is 2. The number of anilines is 1. The van der Waals surface area contributed by atoms with E-state index >= 15 is 0 Å². The van der Waals surface area contributed by atoms with Crippen LogP contribution in [0.4, 0.5) is 10.3 Å². The van der Waals surface area contributed by atoms with Gasteiger partial charge in [0, 0.05) is 30.9 Å². The average molecular weight is 307 g/mol. The molecule has 110 valence electrons. The van der Waals surface area contributed by atoms with E-state index in [0.29, 0.717) is 22.2 Å². The molecule has 0 bridgehead atoms. The van der Waals surface area contributed by atoms with Crippen molar-refractivity contribution in [2.75, 3.05) is 18.0 Å². The van der Waals surface area contributed by atoms with Crippen molar-refractivity contribution < 1.29 is 4.39 Å². The lowest BCUT2D eigenvalue weighted by molar-refractivity contribution is 0.500. The van der Waals surface area contributed by atoms with Crippen LogP contribution in [0.15, 0.2) is 30.5 Å². The van der Waals surface area contributed by atoms with E-state index in [2.05, 4.69) is 14.9 Å². The first-order valence-corrected chi connectivity index (χ1v) is 7.30. The first-order chi connectivity index (χ1) is 10.1. The monoisotopic (exact) mass is 306 g/mol. The number of benzene rings is 1. The minimum absolute atomic E-state index is 0.153. The average Bonchev–Trinajstić information content (AvgIpc) is 2.47. The number of hydrogen-bond acceptors (Lipinski definition) is 4. The molecule has 0 spiro atoms. The van der Waals surface area contributed by atoms with Crippen molar-refractivity contribution in [3.8, 4) is 11.3 Å². The van der Waals surface area contributed by atoms with Gasteiger partial charge in [0.25, 0.3) is 0 Å². The zero-order chi connectivity index (χ0) is 14.8. The Morgan fingerprint density at radius 3 is 2.95 bits per heavy atom. The summed E-state index contributed by atoms with van der Waals surface area (Å²) >= 11 is 6.09. The Bertz CT molecular complexity index is 649. The molecule has 1 fully saturated rings. The first kappa shape index (κ1) is 14.2. The predicted molar refractivity (Wildman–Crippen MR) is 81.9 cm³/mol. The van der Waals surface area contributed by atoms with Crippen molar-refractivity contribution in [2.24, 2.45) is 5.73 Å². The van der Waals surface area contributed by atoms with Crippen molar-refractivity contribution in [1.29, 1.82) is 0 Å². The Hall–Kier alpha value is -1.72. The van der Waals surface area contributed by atoms with Crippen LogP contribution in [0.3, 0.4) is 0 Å². The smallest absolute Gasteiger partial charge is 0.225 e. The maximum atomic E-state index is 13.1. The summed E-state index contributed by atoms with van der Waals surface area (Å²) in [6.45, 7) is 1.65. The van der Waals surface area contributed by atoms with E-state index in [1.807, 2.05) is 0 Å². The minimum atomic E-state index is -0.361. The van der Waals surface area contributed by atoms with Gasteiger partial charge in [-0.1, -0.05) is 11.6 Å². The van der Waals surface area contributed by atoms with Gasteiger partial charge >= 0.3 is 0 Å². The Morgan fingerprint density at radius 2 is 2.19 bits per heavy atom. The molecule has 2 N–H and O–H groups in total. The number of nitrogens with two attached hydrogens (primary N) is 1. The van der Waals surface area contributed by atoms with E-state index in [0.717, 1.165) is 25.9 Å². The summed E-state index contributed by atoms with van der Waals surface area (Å²) in [5.41, 5.74) is 7.37. The summed E-state index contributed by atoms with van der Waals surface area (Å²) in [5.74, 6) is 0.281. The molecule has 21 heavy (non-hydrogen) atoms. The number of halogens is 2. The van der Waals surface area contributed by atoms with Crippen LogP contribution in [0.2, 0.25) is 5.02 Å². The molecule has 3 rings (SSSR count). The lowest BCUT2D eigenvalue weighted by Gasteiger charge is -2.30. The van der Waals surface area contributed by atoms with Crippen molar-refractivity contribution in [2.45, 2.75) is 18.9 Å². The fourth-order valence-electron chi connectivity index (χ4n) is 2.54. The molecule has 1 aliphatic rings. The summed E-state index contributed by atoms with van der Waals surface area (Å²) in [5, 5.41) is 0.343. The summed E-state index contributed by atoms with van der Waals surface area (Å²) in [6, 6.07) is 6.22. The summed E-state index contributed by atoms with van der Waals surface area (Å²) in [4.78, 5) is 10.9. The standard InChI is InChI=1S/C15H16ClFN4/c16-13-8-10(17)3-4-12(13)14-5-6-19-15(20-14)21-7-1-2-11(18)9-21/h3-6,8,11H,1-2,7,9,18H2. The zero-order valence-corrected chi connectivity index (χ0v) is 12.2. The van der Waals surface area contributed by atoms with Crippen LogP contribution in [0, 0.1) is 5.82 Å². The molecule has 0 aliphatic carbocycles. The number of rotatable bonds is 2. The topological polar surface area (TPSA) is 55.0 Å². The van der Waals surface area contributed by atoms with Crippen LogP contribution in [-0.4, -0.2) is 29.1 Å². The lowest BCUT2D eigenvalue weighted by Crippen LogP contribution is -2.43. The van der Waals surface area contributed by atoms with Crippen molar-refractivity contribution in [3.63, 3.8) is 0 Å². The summed E-state index contributed by atoms with van der Waals surface area (Å²) in [6.07, 6.45) is 3.75. The lowest BCUT2D eigenvalue weighted by atomic mass is 10.1. The fraction of sp³-hybridized carbons (Fsp3) is 0.333. The Kier molecular flexibility index (Phi) is 4.03. The second-order valence-corrected chi connectivity index (χ2v) is 5.62. The van der Waals surface area contributed by atoms with Gasteiger partial charge in [-0.25, -0.2) is 14.4 Å². The number of piperidine rings is 1. The molecule has 1 unspecified atom stereocenters. The highest BCUT2D eigenvalue weighted by molar-refractivity contribution is 6.33. The van der Waals surface area contributed by atoms with Gasteiger partial charge in [0.2, 0.25) is 5.95 Å². The highest BCUT2D eigenvalue weighted by Crippen LogP contribution is 2.28. The molecule has 0 radical (unpaired) electrons. The second-order valence-electron chi connectivity index (χ2n) is 5.21. The van der Waals surface area contributed by atoms with Crippen LogP contribution < -0.4 is 10.6 Å². The predicted octanol–water partition coefficient (Wildman–Crippen LogP) is 2.86. The van der Waals surface area contributed by atoms with Crippen molar-refractivity contribution in [3.05, 3.63) is 41.3 Å².